The van der Waals surface area contributed by atoms with Gasteiger partial charge in [0.2, 0.25) is 0 Å². The summed E-state index contributed by atoms with van der Waals surface area (Å²) in [5.41, 5.74) is 0.842. The molecule has 1 aliphatic carbocycles. The summed E-state index contributed by atoms with van der Waals surface area (Å²) in [4.78, 5) is 0. The van der Waals surface area contributed by atoms with Crippen molar-refractivity contribution in [2.24, 2.45) is 0 Å². The molecule has 1 aromatic carbocycles. The van der Waals surface area contributed by atoms with Crippen molar-refractivity contribution in [3.63, 3.8) is 0 Å². The van der Waals surface area contributed by atoms with Crippen LogP contribution in [0.4, 0.5) is 0 Å². The van der Waals surface area contributed by atoms with E-state index in [0.29, 0.717) is 6.04 Å². The van der Waals surface area contributed by atoms with Gasteiger partial charge in [0.25, 0.3) is 0 Å². The van der Waals surface area contributed by atoms with Crippen LogP contribution in [0.5, 0.6) is 5.75 Å². The summed E-state index contributed by atoms with van der Waals surface area (Å²) in [6.45, 7) is 0. The zero-order valence-corrected chi connectivity index (χ0v) is 9.19. The van der Waals surface area contributed by atoms with Crippen LogP contribution in [-0.4, -0.2) is 11.1 Å². The molecule has 0 aromatic heterocycles. The fourth-order valence-electron chi connectivity index (χ4n) is 2.24. The van der Waals surface area contributed by atoms with Crippen LogP contribution in [0.1, 0.15) is 37.3 Å². The lowest BCUT2D eigenvalue weighted by molar-refractivity contribution is 0.468. The fourth-order valence-corrected chi connectivity index (χ4v) is 2.24. The number of benzene rings is 1. The van der Waals surface area contributed by atoms with Crippen molar-refractivity contribution in [2.45, 2.75) is 37.8 Å². The van der Waals surface area contributed by atoms with Crippen molar-refractivity contribution >= 4 is 0 Å². The highest BCUT2D eigenvalue weighted by atomic mass is 16.3. The quantitative estimate of drug-likeness (QED) is 0.816. The number of aromatic hydroxyl groups is 1. The van der Waals surface area contributed by atoms with Gasteiger partial charge >= 0.3 is 0 Å². The lowest BCUT2D eigenvalue weighted by atomic mass is 10.1. The third kappa shape index (κ3) is 2.53. The van der Waals surface area contributed by atoms with E-state index < -0.39 is 0 Å². The molecule has 3 nitrogen and oxygen atoms in total. The largest absolute Gasteiger partial charge is 0.508 e. The molecule has 1 saturated carbocycles. The van der Waals surface area contributed by atoms with Gasteiger partial charge in [-0.3, -0.25) is 5.32 Å². The summed E-state index contributed by atoms with van der Waals surface area (Å²) < 4.78 is 0. The maximum absolute atomic E-state index is 9.38. The van der Waals surface area contributed by atoms with Crippen molar-refractivity contribution in [2.75, 3.05) is 0 Å². The smallest absolute Gasteiger partial charge is 0.121 e. The van der Waals surface area contributed by atoms with Crippen molar-refractivity contribution in [3.05, 3.63) is 29.8 Å². The summed E-state index contributed by atoms with van der Waals surface area (Å²) in [6.07, 6.45) is 4.79. The van der Waals surface area contributed by atoms with Gasteiger partial charge in [0.1, 0.15) is 11.8 Å². The van der Waals surface area contributed by atoms with E-state index in [9.17, 15) is 5.11 Å². The molecule has 2 N–H and O–H groups in total. The molecule has 84 valence electrons. The van der Waals surface area contributed by atoms with E-state index in [2.05, 4.69) is 11.4 Å². The Kier molecular flexibility index (Phi) is 3.43. The van der Waals surface area contributed by atoms with Crippen molar-refractivity contribution in [3.8, 4) is 11.8 Å². The first-order chi connectivity index (χ1) is 7.79. The Labute approximate surface area is 95.7 Å². The summed E-state index contributed by atoms with van der Waals surface area (Å²) in [5.74, 6) is 0.214. The van der Waals surface area contributed by atoms with Gasteiger partial charge in [-0.25, -0.2) is 0 Å². The van der Waals surface area contributed by atoms with Gasteiger partial charge in [0.05, 0.1) is 6.07 Å². The minimum Gasteiger partial charge on any atom is -0.508 e. The van der Waals surface area contributed by atoms with Crippen LogP contribution >= 0.6 is 0 Å². The Balaban J connectivity index is 2.07. The molecular weight excluding hydrogens is 200 g/mol. The molecular formula is C13H16N2O. The highest BCUT2D eigenvalue weighted by Crippen LogP contribution is 2.23. The van der Waals surface area contributed by atoms with E-state index in [1.165, 1.54) is 12.8 Å². The van der Waals surface area contributed by atoms with E-state index >= 15 is 0 Å². The molecule has 2 rings (SSSR count). The van der Waals surface area contributed by atoms with Crippen molar-refractivity contribution in [1.82, 2.24) is 5.32 Å². The first-order valence-corrected chi connectivity index (χ1v) is 5.74. The van der Waals surface area contributed by atoms with Crippen molar-refractivity contribution < 1.29 is 5.11 Å². The number of hydrogen-bond acceptors (Lipinski definition) is 3. The van der Waals surface area contributed by atoms with Crippen LogP contribution in [0.25, 0.3) is 0 Å². The number of phenolic OH excluding ortho intramolecular Hbond substituents is 1. The summed E-state index contributed by atoms with van der Waals surface area (Å²) in [7, 11) is 0. The second-order valence-electron chi connectivity index (χ2n) is 4.31. The van der Waals surface area contributed by atoms with E-state index in [1.807, 2.05) is 6.07 Å². The van der Waals surface area contributed by atoms with Gasteiger partial charge in [-0.05, 0) is 30.5 Å². The van der Waals surface area contributed by atoms with Gasteiger partial charge in [-0.2, -0.15) is 5.26 Å². The standard InChI is InChI=1S/C13H16N2O/c14-9-13(15-11-5-1-2-6-11)10-4-3-7-12(16)8-10/h3-4,7-8,11,13,15-16H,1-2,5-6H2. The number of nitrogens with zero attached hydrogens (tertiary/aromatic N) is 1. The molecule has 0 radical (unpaired) electrons. The molecule has 1 aliphatic rings. The van der Waals surface area contributed by atoms with E-state index in [-0.39, 0.29) is 11.8 Å². The van der Waals surface area contributed by atoms with Gasteiger partial charge in [-0.1, -0.05) is 25.0 Å². The first kappa shape index (κ1) is 11.0. The van der Waals surface area contributed by atoms with Crippen LogP contribution in [0.2, 0.25) is 0 Å². The monoisotopic (exact) mass is 216 g/mol. The van der Waals surface area contributed by atoms with Crippen molar-refractivity contribution in [1.29, 1.82) is 5.26 Å². The minimum absolute atomic E-state index is 0.214. The average molecular weight is 216 g/mol. The number of nitrogens with one attached hydrogen (secondary N) is 1. The highest BCUT2D eigenvalue weighted by molar-refractivity contribution is 5.32. The third-order valence-electron chi connectivity index (χ3n) is 3.09. The van der Waals surface area contributed by atoms with Crippen LogP contribution in [-0.2, 0) is 0 Å². The molecule has 0 spiro atoms. The molecule has 0 aliphatic heterocycles. The molecule has 1 fully saturated rings. The predicted molar refractivity (Wildman–Crippen MR) is 61.9 cm³/mol. The summed E-state index contributed by atoms with van der Waals surface area (Å²) in [5, 5.41) is 21.9. The van der Waals surface area contributed by atoms with Crippen LogP contribution in [0, 0.1) is 11.3 Å². The molecule has 0 amide bonds. The van der Waals surface area contributed by atoms with E-state index in [4.69, 9.17) is 5.26 Å². The Bertz CT molecular complexity index is 391. The van der Waals surface area contributed by atoms with E-state index in [0.717, 1.165) is 18.4 Å². The Morgan fingerprint density at radius 2 is 2.12 bits per heavy atom. The lowest BCUT2D eigenvalue weighted by Crippen LogP contribution is -2.29. The molecule has 3 heteroatoms. The SMILES string of the molecule is N#CC(NC1CCCC1)c1cccc(O)c1. The maximum atomic E-state index is 9.38. The summed E-state index contributed by atoms with van der Waals surface area (Å²) in [6, 6.07) is 9.30. The van der Waals surface area contributed by atoms with Gasteiger partial charge < -0.3 is 5.11 Å². The van der Waals surface area contributed by atoms with Gasteiger partial charge in [0, 0.05) is 6.04 Å². The Hall–Kier alpha value is -1.53. The van der Waals surface area contributed by atoms with Crippen LogP contribution in [0.15, 0.2) is 24.3 Å². The normalized spacial score (nSPS) is 18.2. The highest BCUT2D eigenvalue weighted by Gasteiger charge is 2.19. The Morgan fingerprint density at radius 1 is 1.38 bits per heavy atom. The zero-order valence-electron chi connectivity index (χ0n) is 9.19. The molecule has 0 saturated heterocycles. The minimum atomic E-state index is -0.310. The molecule has 1 unspecified atom stereocenters. The van der Waals surface area contributed by atoms with Crippen LogP contribution in [0.3, 0.4) is 0 Å². The topological polar surface area (TPSA) is 56.0 Å². The molecule has 16 heavy (non-hydrogen) atoms. The zero-order chi connectivity index (χ0) is 11.4. The summed E-state index contributed by atoms with van der Waals surface area (Å²) >= 11 is 0. The number of rotatable bonds is 3. The average Bonchev–Trinajstić information content (AvgIpc) is 2.78. The maximum Gasteiger partial charge on any atom is 0.121 e. The molecule has 0 heterocycles. The number of nitriles is 1. The Morgan fingerprint density at radius 3 is 2.75 bits per heavy atom. The van der Waals surface area contributed by atoms with E-state index in [1.54, 1.807) is 18.2 Å². The third-order valence-corrected chi connectivity index (χ3v) is 3.09. The van der Waals surface area contributed by atoms with Gasteiger partial charge in [-0.15, -0.1) is 0 Å². The molecule has 1 atom stereocenters. The van der Waals surface area contributed by atoms with Gasteiger partial charge in [0.15, 0.2) is 0 Å². The first-order valence-electron chi connectivity index (χ1n) is 5.74. The molecule has 0 bridgehead atoms. The molecule has 1 aromatic rings. The number of phenols is 1. The second-order valence-corrected chi connectivity index (χ2v) is 4.31. The predicted octanol–water partition coefficient (Wildman–Crippen LogP) is 2.49. The fraction of sp³-hybridized carbons (Fsp3) is 0.462. The number of hydrogen-bond donors (Lipinski definition) is 2. The van der Waals surface area contributed by atoms with Crippen LogP contribution < -0.4 is 5.32 Å². The lowest BCUT2D eigenvalue weighted by Gasteiger charge is -2.17. The second kappa shape index (κ2) is 5.00.